The van der Waals surface area contributed by atoms with Crippen molar-refractivity contribution in [2.45, 2.75) is 0 Å². The first-order valence-corrected chi connectivity index (χ1v) is 16.8. The molecule has 0 radical (unpaired) electrons. The number of benzene rings is 6. The van der Waals surface area contributed by atoms with Gasteiger partial charge in [0.1, 0.15) is 0 Å². The number of hydrogen-bond donors (Lipinski definition) is 0. The third-order valence-corrected chi connectivity index (χ3v) is 14.6. The second kappa shape index (κ2) is 10.2. The molecule has 0 nitrogen and oxygen atoms in total. The Kier molecular flexibility index (Phi) is 6.55. The van der Waals surface area contributed by atoms with Crippen LogP contribution in [0.5, 0.6) is 0 Å². The van der Waals surface area contributed by atoms with Crippen molar-refractivity contribution < 1.29 is 0 Å². The van der Waals surface area contributed by atoms with Gasteiger partial charge in [-0.25, -0.2) is 0 Å². The summed E-state index contributed by atoms with van der Waals surface area (Å²) < 4.78 is 0. The van der Waals surface area contributed by atoms with Gasteiger partial charge in [0.25, 0.3) is 0 Å². The highest BCUT2D eigenvalue weighted by atomic mass is 31.2. The van der Waals surface area contributed by atoms with Crippen LogP contribution in [0.25, 0.3) is 10.8 Å². The molecule has 0 atom stereocenters. The van der Waals surface area contributed by atoms with Crippen LogP contribution in [-0.4, -0.2) is 12.6 Å². The Morgan fingerprint density at radius 3 is 0.789 bits per heavy atom. The summed E-state index contributed by atoms with van der Waals surface area (Å²) >= 11 is 0. The second-order valence-corrected chi connectivity index (χ2v) is 15.9. The van der Waals surface area contributed by atoms with E-state index < -0.39 is 13.8 Å². The molecule has 6 aromatic carbocycles. The number of fused-ring (bicyclic) bond motifs is 1. The van der Waals surface area contributed by atoms with Crippen LogP contribution in [0.3, 0.4) is 0 Å². The van der Waals surface area contributed by atoms with Gasteiger partial charge >= 0.3 is 0 Å². The van der Waals surface area contributed by atoms with Crippen LogP contribution in [0.2, 0.25) is 0 Å². The maximum Gasteiger partial charge on any atom is -0.00869 e. The van der Waals surface area contributed by atoms with Crippen molar-refractivity contribution >= 4 is 69.0 Å². The third-order valence-electron chi connectivity index (χ3n) is 7.49. The van der Waals surface area contributed by atoms with Gasteiger partial charge in [-0.05, 0) is 56.4 Å². The maximum absolute atomic E-state index is 5.04. The lowest BCUT2D eigenvalue weighted by Gasteiger charge is -2.31. The van der Waals surface area contributed by atoms with Crippen LogP contribution >= 0.6 is 13.8 Å². The lowest BCUT2D eigenvalue weighted by molar-refractivity contribution is 1.74. The molecule has 6 rings (SSSR count). The van der Waals surface area contributed by atoms with Gasteiger partial charge in [0.05, 0.1) is 0 Å². The van der Waals surface area contributed by atoms with Gasteiger partial charge < -0.3 is 0 Å². The maximum atomic E-state index is 5.04. The van der Waals surface area contributed by atoms with E-state index >= 15 is 0 Å². The van der Waals surface area contributed by atoms with Crippen LogP contribution in [0.15, 0.2) is 158 Å². The predicted octanol–water partition coefficient (Wildman–Crippen LogP) is 6.29. The van der Waals surface area contributed by atoms with Gasteiger partial charge in [0, 0.05) is 0 Å². The molecule has 0 amide bonds. The molecule has 0 unspecified atom stereocenters. The fraction of sp³-hybridized carbons (Fsp3) is 0. The average molecular weight is 525 g/mol. The molecule has 0 N–H and O–H groups in total. The van der Waals surface area contributed by atoms with Crippen molar-refractivity contribution in [3.05, 3.63) is 158 Å². The van der Waals surface area contributed by atoms with E-state index in [0.29, 0.717) is 0 Å². The van der Waals surface area contributed by atoms with Gasteiger partial charge in [-0.1, -0.05) is 170 Å². The molecule has 0 fully saturated rings. The quantitative estimate of drug-likeness (QED) is 0.225. The third kappa shape index (κ3) is 4.02. The summed E-state index contributed by atoms with van der Waals surface area (Å²) in [6.45, 7) is -4.29. The summed E-state index contributed by atoms with van der Waals surface area (Å²) in [7, 11) is 0. The minimum atomic E-state index is -2.15. The molecule has 2 heteroatoms. The second-order valence-electron chi connectivity index (χ2n) is 9.61. The van der Waals surface area contributed by atoms with Crippen molar-refractivity contribution in [3.8, 4) is 0 Å². The average Bonchev–Trinajstić information content (AvgIpc) is 3.01. The zero-order chi connectivity index (χ0) is 26.0. The number of rotatable bonds is 6. The molecule has 0 spiro atoms. The van der Waals surface area contributed by atoms with E-state index in [1.165, 1.54) is 42.6 Å². The van der Waals surface area contributed by atoms with Gasteiger partial charge in [0.2, 0.25) is 0 Å². The summed E-state index contributed by atoms with van der Waals surface area (Å²) in [6, 6.07) is 56.9. The molecule has 0 saturated carbocycles. The first-order chi connectivity index (χ1) is 18.6. The highest BCUT2D eigenvalue weighted by Gasteiger charge is 2.28. The molecule has 184 valence electrons. The van der Waals surface area contributed by atoms with E-state index in [0.717, 1.165) is 0 Å². The lowest BCUT2D eigenvalue weighted by atomic mass is 10.1. The molecule has 0 aromatic heterocycles. The largest absolute Gasteiger partial charge is 0.0887 e. The SMILES string of the molecule is C=P(c1ccccc1)(c1ccccc1)c1ccc(P(=C)(c2ccccc2)c2ccccc2)c2ccccc12. The molecule has 0 saturated heterocycles. The number of hydrogen-bond acceptors (Lipinski definition) is 0. The van der Waals surface area contributed by atoms with Crippen LogP contribution in [0, 0.1) is 0 Å². The van der Waals surface area contributed by atoms with E-state index in [2.05, 4.69) is 158 Å². The van der Waals surface area contributed by atoms with E-state index in [-0.39, 0.29) is 0 Å². The molecule has 0 heterocycles. The molecule has 0 aliphatic carbocycles. The van der Waals surface area contributed by atoms with E-state index in [1.807, 2.05) is 0 Å². The summed E-state index contributed by atoms with van der Waals surface area (Å²) in [6.07, 6.45) is 10.1. The Labute approximate surface area is 226 Å². The van der Waals surface area contributed by atoms with E-state index in [4.69, 9.17) is 12.6 Å². The Balaban J connectivity index is 1.69. The first kappa shape index (κ1) is 24.5. The predicted molar refractivity (Wildman–Crippen MR) is 176 cm³/mol. The van der Waals surface area contributed by atoms with Gasteiger partial charge in [0.15, 0.2) is 0 Å². The zero-order valence-electron chi connectivity index (χ0n) is 21.3. The fourth-order valence-corrected chi connectivity index (χ4v) is 11.8. The Morgan fingerprint density at radius 1 is 0.289 bits per heavy atom. The van der Waals surface area contributed by atoms with Crippen molar-refractivity contribution in [3.63, 3.8) is 0 Å². The van der Waals surface area contributed by atoms with Crippen LogP contribution in [-0.2, 0) is 0 Å². The van der Waals surface area contributed by atoms with E-state index in [9.17, 15) is 0 Å². The van der Waals surface area contributed by atoms with Gasteiger partial charge in [-0.2, -0.15) is 0 Å². The van der Waals surface area contributed by atoms with Crippen molar-refractivity contribution in [2.75, 3.05) is 0 Å². The summed E-state index contributed by atoms with van der Waals surface area (Å²) in [5.41, 5.74) is 0. The Hall–Kier alpha value is -3.82. The molecule has 0 bridgehead atoms. The molecular formula is C36H30P2. The van der Waals surface area contributed by atoms with Crippen LogP contribution < -0.4 is 31.8 Å². The van der Waals surface area contributed by atoms with Gasteiger partial charge in [-0.15, -0.1) is 0 Å². The Morgan fingerprint density at radius 2 is 0.526 bits per heavy atom. The van der Waals surface area contributed by atoms with Crippen molar-refractivity contribution in [1.29, 1.82) is 0 Å². The normalized spacial score (nSPS) is 11.9. The van der Waals surface area contributed by atoms with Crippen LogP contribution in [0.1, 0.15) is 0 Å². The fourth-order valence-electron chi connectivity index (χ4n) is 5.52. The zero-order valence-corrected chi connectivity index (χ0v) is 23.1. The highest BCUT2D eigenvalue weighted by molar-refractivity contribution is 7.94. The minimum absolute atomic E-state index is 1.26. The smallest absolute Gasteiger partial charge is 0.00869 e. The molecule has 0 aliphatic heterocycles. The van der Waals surface area contributed by atoms with Crippen molar-refractivity contribution in [2.24, 2.45) is 0 Å². The monoisotopic (exact) mass is 524 g/mol. The van der Waals surface area contributed by atoms with Gasteiger partial charge in [-0.3, -0.25) is 0 Å². The first-order valence-electron chi connectivity index (χ1n) is 12.9. The summed E-state index contributed by atoms with van der Waals surface area (Å²) in [5, 5.41) is 10.3. The Bertz CT molecular complexity index is 1570. The minimum Gasteiger partial charge on any atom is -0.0887 e. The van der Waals surface area contributed by atoms with Crippen molar-refractivity contribution in [1.82, 2.24) is 0 Å². The molecule has 38 heavy (non-hydrogen) atoms. The molecule has 6 aromatic rings. The highest BCUT2D eigenvalue weighted by Crippen LogP contribution is 2.47. The topological polar surface area (TPSA) is 0 Å². The summed E-state index contributed by atoms with van der Waals surface area (Å²) in [5.74, 6) is 0. The lowest BCUT2D eigenvalue weighted by Crippen LogP contribution is -2.30. The van der Waals surface area contributed by atoms with Crippen LogP contribution in [0.4, 0.5) is 0 Å². The van der Waals surface area contributed by atoms with E-state index in [1.54, 1.807) is 0 Å². The molecule has 0 aliphatic rings. The standard InChI is InChI=1S/C36H30P2/c1-37(29-17-7-3-8-18-29,30-19-9-4-10-20-30)35-27-28-36(34-26-16-15-25-33(34)35)38(2,31-21-11-5-12-22-31)32-23-13-6-14-24-32/h3-28H,1-2H2. The molecular weight excluding hydrogens is 494 g/mol. The summed E-state index contributed by atoms with van der Waals surface area (Å²) in [4.78, 5) is 0.